The van der Waals surface area contributed by atoms with Crippen molar-refractivity contribution in [1.29, 1.82) is 0 Å². The van der Waals surface area contributed by atoms with Crippen LogP contribution in [0.25, 0.3) is 0 Å². The first-order chi connectivity index (χ1) is 7.66. The van der Waals surface area contributed by atoms with Crippen molar-refractivity contribution in [2.24, 2.45) is 5.92 Å². The number of unbranched alkanes of at least 4 members (excludes halogenated alkanes) is 1. The molecule has 0 saturated carbocycles. The Balaban J connectivity index is 3.56. The second kappa shape index (κ2) is 10.2. The molecule has 0 atom stereocenters. The number of hydrogen-bond acceptors (Lipinski definition) is 1. The lowest BCUT2D eigenvalue weighted by Crippen LogP contribution is -2.25. The van der Waals surface area contributed by atoms with E-state index in [9.17, 15) is 4.79 Å². The minimum absolute atomic E-state index is 0.00568. The van der Waals surface area contributed by atoms with Crippen molar-refractivity contribution in [1.82, 2.24) is 5.32 Å². The van der Waals surface area contributed by atoms with Gasteiger partial charge in [0.2, 0.25) is 5.91 Å². The molecule has 0 unspecified atom stereocenters. The molecule has 2 nitrogen and oxygen atoms in total. The number of amides is 1. The SMILES string of the molecule is C/C=C/C=CCC/C=C/C(=O)NCC(C)C. The van der Waals surface area contributed by atoms with E-state index in [1.54, 1.807) is 6.08 Å². The fraction of sp³-hybridized carbons (Fsp3) is 0.500. The zero-order valence-electron chi connectivity index (χ0n) is 10.6. The molecule has 0 fully saturated rings. The highest BCUT2D eigenvalue weighted by Gasteiger charge is 1.96. The summed E-state index contributed by atoms with van der Waals surface area (Å²) in [7, 11) is 0. The van der Waals surface area contributed by atoms with E-state index in [0.29, 0.717) is 5.92 Å². The Labute approximate surface area is 99.1 Å². The zero-order valence-corrected chi connectivity index (χ0v) is 10.6. The smallest absolute Gasteiger partial charge is 0.243 e. The number of carbonyl (C=O) groups is 1. The average Bonchev–Trinajstić information content (AvgIpc) is 2.25. The van der Waals surface area contributed by atoms with Gasteiger partial charge in [0, 0.05) is 6.54 Å². The lowest BCUT2D eigenvalue weighted by atomic mass is 10.2. The highest BCUT2D eigenvalue weighted by atomic mass is 16.1. The molecule has 0 saturated heterocycles. The molecule has 0 aliphatic rings. The molecule has 16 heavy (non-hydrogen) atoms. The summed E-state index contributed by atoms with van der Waals surface area (Å²) in [6.07, 6.45) is 13.5. The number of nitrogens with one attached hydrogen (secondary N) is 1. The van der Waals surface area contributed by atoms with Gasteiger partial charge in [0.25, 0.3) is 0 Å². The summed E-state index contributed by atoms with van der Waals surface area (Å²) in [5.74, 6) is 0.507. The van der Waals surface area contributed by atoms with E-state index >= 15 is 0 Å². The molecule has 0 aromatic heterocycles. The van der Waals surface area contributed by atoms with E-state index in [4.69, 9.17) is 0 Å². The lowest BCUT2D eigenvalue weighted by Gasteiger charge is -2.03. The molecule has 0 spiro atoms. The van der Waals surface area contributed by atoms with E-state index in [1.807, 2.05) is 31.2 Å². The molecular weight excluding hydrogens is 198 g/mol. The Morgan fingerprint density at radius 1 is 1.19 bits per heavy atom. The van der Waals surface area contributed by atoms with Gasteiger partial charge in [0.15, 0.2) is 0 Å². The van der Waals surface area contributed by atoms with Crippen LogP contribution in [0.15, 0.2) is 36.5 Å². The molecule has 0 aromatic rings. The summed E-state index contributed by atoms with van der Waals surface area (Å²) in [4.78, 5) is 11.3. The number of allylic oxidation sites excluding steroid dienone is 5. The van der Waals surface area contributed by atoms with Gasteiger partial charge in [-0.15, -0.1) is 0 Å². The van der Waals surface area contributed by atoms with Crippen molar-refractivity contribution in [3.05, 3.63) is 36.5 Å². The Morgan fingerprint density at radius 2 is 1.88 bits per heavy atom. The molecule has 0 radical (unpaired) electrons. The molecule has 0 heterocycles. The maximum atomic E-state index is 11.3. The van der Waals surface area contributed by atoms with Crippen LogP contribution >= 0.6 is 0 Å². The maximum Gasteiger partial charge on any atom is 0.243 e. The summed E-state index contributed by atoms with van der Waals surface area (Å²) in [6.45, 7) is 6.89. The number of rotatable bonds is 7. The summed E-state index contributed by atoms with van der Waals surface area (Å²) >= 11 is 0. The lowest BCUT2D eigenvalue weighted by molar-refractivity contribution is -0.116. The van der Waals surface area contributed by atoms with Crippen LogP contribution in [0.4, 0.5) is 0 Å². The fourth-order valence-corrected chi connectivity index (χ4v) is 1.03. The summed E-state index contributed by atoms with van der Waals surface area (Å²) in [6, 6.07) is 0. The van der Waals surface area contributed by atoms with Crippen LogP contribution < -0.4 is 5.32 Å². The standard InChI is InChI=1S/C14H23NO/c1-4-5-6-7-8-9-10-11-14(16)15-12-13(2)3/h4-7,10-11,13H,8-9,12H2,1-3H3,(H,15,16)/b5-4+,7-6?,11-10+. The molecule has 0 bridgehead atoms. The van der Waals surface area contributed by atoms with Gasteiger partial charge >= 0.3 is 0 Å². The first-order valence-corrected chi connectivity index (χ1v) is 5.89. The van der Waals surface area contributed by atoms with Crippen molar-refractivity contribution >= 4 is 5.91 Å². The van der Waals surface area contributed by atoms with Crippen molar-refractivity contribution in [2.45, 2.75) is 33.6 Å². The summed E-state index contributed by atoms with van der Waals surface area (Å²) < 4.78 is 0. The minimum Gasteiger partial charge on any atom is -0.352 e. The molecular formula is C14H23NO. The predicted molar refractivity (Wildman–Crippen MR) is 70.2 cm³/mol. The highest BCUT2D eigenvalue weighted by Crippen LogP contribution is 1.93. The third kappa shape index (κ3) is 10.8. The first kappa shape index (κ1) is 14.7. The van der Waals surface area contributed by atoms with Crippen LogP contribution in [0.3, 0.4) is 0 Å². The van der Waals surface area contributed by atoms with Crippen LogP contribution in [0.2, 0.25) is 0 Å². The van der Waals surface area contributed by atoms with Gasteiger partial charge in [-0.05, 0) is 31.8 Å². The quantitative estimate of drug-likeness (QED) is 0.399. The summed E-state index contributed by atoms with van der Waals surface area (Å²) in [5, 5.41) is 2.84. The Hall–Kier alpha value is -1.31. The Kier molecular flexibility index (Phi) is 9.38. The number of carbonyl (C=O) groups excluding carboxylic acids is 1. The zero-order chi connectivity index (χ0) is 12.2. The van der Waals surface area contributed by atoms with E-state index in [1.165, 1.54) is 0 Å². The Morgan fingerprint density at radius 3 is 2.50 bits per heavy atom. The second-order valence-electron chi connectivity index (χ2n) is 4.07. The summed E-state index contributed by atoms with van der Waals surface area (Å²) in [5.41, 5.74) is 0. The first-order valence-electron chi connectivity index (χ1n) is 5.89. The van der Waals surface area contributed by atoms with Gasteiger partial charge < -0.3 is 5.32 Å². The molecule has 0 aliphatic carbocycles. The molecule has 2 heteroatoms. The van der Waals surface area contributed by atoms with Crippen LogP contribution in [0, 0.1) is 5.92 Å². The van der Waals surface area contributed by atoms with Crippen molar-refractivity contribution < 1.29 is 4.79 Å². The Bertz CT molecular complexity index is 262. The van der Waals surface area contributed by atoms with Crippen molar-refractivity contribution in [3.8, 4) is 0 Å². The minimum atomic E-state index is 0.00568. The van der Waals surface area contributed by atoms with Gasteiger partial charge in [0.1, 0.15) is 0 Å². The van der Waals surface area contributed by atoms with E-state index in [-0.39, 0.29) is 5.91 Å². The number of hydrogen-bond donors (Lipinski definition) is 1. The average molecular weight is 221 g/mol. The monoisotopic (exact) mass is 221 g/mol. The highest BCUT2D eigenvalue weighted by molar-refractivity contribution is 5.87. The van der Waals surface area contributed by atoms with E-state index < -0.39 is 0 Å². The topological polar surface area (TPSA) is 29.1 Å². The molecule has 0 rings (SSSR count). The van der Waals surface area contributed by atoms with Crippen molar-refractivity contribution in [3.63, 3.8) is 0 Å². The molecule has 0 aliphatic heterocycles. The largest absolute Gasteiger partial charge is 0.352 e. The third-order valence-corrected chi connectivity index (χ3v) is 1.89. The molecule has 0 aromatic carbocycles. The second-order valence-corrected chi connectivity index (χ2v) is 4.07. The van der Waals surface area contributed by atoms with Crippen LogP contribution in [-0.2, 0) is 4.79 Å². The van der Waals surface area contributed by atoms with E-state index in [0.717, 1.165) is 19.4 Å². The van der Waals surface area contributed by atoms with Gasteiger partial charge in [-0.1, -0.05) is 44.2 Å². The molecule has 1 N–H and O–H groups in total. The predicted octanol–water partition coefficient (Wildman–Crippen LogP) is 3.23. The maximum absolute atomic E-state index is 11.3. The van der Waals surface area contributed by atoms with Gasteiger partial charge in [-0.2, -0.15) is 0 Å². The normalized spacial score (nSPS) is 12.2. The third-order valence-electron chi connectivity index (χ3n) is 1.89. The van der Waals surface area contributed by atoms with Gasteiger partial charge in [-0.3, -0.25) is 4.79 Å². The van der Waals surface area contributed by atoms with Crippen LogP contribution in [0.5, 0.6) is 0 Å². The van der Waals surface area contributed by atoms with Crippen LogP contribution in [-0.4, -0.2) is 12.5 Å². The fourth-order valence-electron chi connectivity index (χ4n) is 1.03. The van der Waals surface area contributed by atoms with Crippen molar-refractivity contribution in [2.75, 3.05) is 6.54 Å². The molecule has 1 amide bonds. The van der Waals surface area contributed by atoms with E-state index in [2.05, 4.69) is 25.2 Å². The van der Waals surface area contributed by atoms with Crippen LogP contribution in [0.1, 0.15) is 33.6 Å². The van der Waals surface area contributed by atoms with Gasteiger partial charge in [0.05, 0.1) is 0 Å². The van der Waals surface area contributed by atoms with Gasteiger partial charge in [-0.25, -0.2) is 0 Å². The molecule has 90 valence electrons.